The minimum atomic E-state index is -3.93. The van der Waals surface area contributed by atoms with Crippen molar-refractivity contribution in [3.63, 3.8) is 0 Å². The van der Waals surface area contributed by atoms with Crippen LogP contribution in [0.5, 0.6) is 0 Å². The van der Waals surface area contributed by atoms with Crippen molar-refractivity contribution in [2.75, 3.05) is 6.61 Å². The monoisotopic (exact) mass is 426 g/mol. The van der Waals surface area contributed by atoms with Crippen LogP contribution in [0, 0.1) is 0 Å². The average molecular weight is 428 g/mol. The van der Waals surface area contributed by atoms with E-state index in [2.05, 4.69) is 35.4 Å². The Kier molecular flexibility index (Phi) is 22.8. The maximum Gasteiger partial charge on any atom is 2.00 e. The molecule has 138 valence electrons. The maximum atomic E-state index is 10.6. The molecule has 0 bridgehead atoms. The first-order valence-electron chi connectivity index (χ1n) is 9.38. The Balaban J connectivity index is 0. The number of unbranched alkanes of at least 4 members (excludes halogenated alkanes) is 12. The van der Waals surface area contributed by atoms with Crippen LogP contribution in [0.1, 0.15) is 96.8 Å². The normalized spacial score (nSPS) is 11.8. The van der Waals surface area contributed by atoms with E-state index in [4.69, 9.17) is 0 Å². The zero-order valence-corrected chi connectivity index (χ0v) is 20.2. The second-order valence-corrected chi connectivity index (χ2v) is 8.71. The van der Waals surface area contributed by atoms with Gasteiger partial charge >= 0.3 is 19.5 Å². The summed E-state index contributed by atoms with van der Waals surface area (Å²) in [6, 6.07) is 0. The van der Waals surface area contributed by atoms with Gasteiger partial charge in [-0.05, 0) is 32.1 Å². The number of hydrogen-bond acceptors (Lipinski definition) is 4. The van der Waals surface area contributed by atoms with Gasteiger partial charge < -0.3 is 14.3 Å². The molecule has 0 fully saturated rings. The van der Waals surface area contributed by atoms with E-state index in [1.54, 1.807) is 0 Å². The van der Waals surface area contributed by atoms with Crippen LogP contribution >= 0.6 is 6.72 Å². The summed E-state index contributed by atoms with van der Waals surface area (Å²) in [5.41, 5.74) is 0. The summed E-state index contributed by atoms with van der Waals surface area (Å²) in [4.78, 5) is 21.2. The number of hydrogen-bond donors (Lipinski definition) is 0. The third-order valence-corrected chi connectivity index (χ3v) is 4.72. The van der Waals surface area contributed by atoms with Gasteiger partial charge in [-0.25, -0.2) is 0 Å². The van der Waals surface area contributed by atoms with Crippen molar-refractivity contribution in [3.8, 4) is 0 Å². The van der Waals surface area contributed by atoms with Crippen molar-refractivity contribution < 1.29 is 33.8 Å². The van der Waals surface area contributed by atoms with E-state index >= 15 is 0 Å². The topological polar surface area (TPSA) is 55.3 Å². The van der Waals surface area contributed by atoms with E-state index < -0.39 is 6.72 Å². The van der Waals surface area contributed by atoms with Gasteiger partial charge in [0.15, 0.2) is 0 Å². The first-order valence-corrected chi connectivity index (χ1v) is 11.9. The molecule has 0 unspecified atom stereocenters. The van der Waals surface area contributed by atoms with E-state index in [9.17, 15) is 9.79 Å². The Labute approximate surface area is 167 Å². The SMILES string of the molecule is CCCCCCCC/C=C\CCCCCCCCOP([O-])([O-])=S.[Zn+2]. The van der Waals surface area contributed by atoms with E-state index in [0.29, 0.717) is 0 Å². The van der Waals surface area contributed by atoms with Gasteiger partial charge in [-0.1, -0.05) is 83.6 Å². The molecule has 0 aromatic rings. The molecule has 0 aromatic carbocycles. The van der Waals surface area contributed by atoms with Crippen molar-refractivity contribution in [1.29, 1.82) is 0 Å². The van der Waals surface area contributed by atoms with Gasteiger partial charge in [0.05, 0.1) is 0 Å². The standard InChI is InChI=1S/C18H37O3PS.Zn/c1-2-3-4-5-6-7-8-9-10-11-12-13-14-15-16-17-18-21-22(19,20)23;/h9-10H,2-8,11-18H2,1H3,(H2,19,20,23);/q;+2/p-2/b10-9-;. The van der Waals surface area contributed by atoms with Crippen LogP contribution in [0.25, 0.3) is 0 Å². The Morgan fingerprint density at radius 3 is 1.62 bits per heavy atom. The molecule has 0 atom stereocenters. The fourth-order valence-electron chi connectivity index (χ4n) is 2.53. The van der Waals surface area contributed by atoms with Crippen LogP contribution in [0.4, 0.5) is 0 Å². The second-order valence-electron chi connectivity index (χ2n) is 6.22. The van der Waals surface area contributed by atoms with Crippen molar-refractivity contribution in [1.82, 2.24) is 0 Å². The van der Waals surface area contributed by atoms with E-state index in [1.165, 1.54) is 70.6 Å². The summed E-state index contributed by atoms with van der Waals surface area (Å²) in [6.45, 7) is -1.43. The Morgan fingerprint density at radius 2 is 1.17 bits per heavy atom. The van der Waals surface area contributed by atoms with Gasteiger partial charge in [-0.3, -0.25) is 0 Å². The van der Waals surface area contributed by atoms with Crippen molar-refractivity contribution in [3.05, 3.63) is 12.2 Å². The molecule has 0 aromatic heterocycles. The molecule has 0 radical (unpaired) electrons. The van der Waals surface area contributed by atoms with E-state index in [1.807, 2.05) is 0 Å². The number of allylic oxidation sites excluding steroid dienone is 2. The predicted molar refractivity (Wildman–Crippen MR) is 99.7 cm³/mol. The van der Waals surface area contributed by atoms with Crippen LogP contribution in [0.15, 0.2) is 12.2 Å². The van der Waals surface area contributed by atoms with Crippen LogP contribution in [0.2, 0.25) is 0 Å². The molecule has 6 heteroatoms. The van der Waals surface area contributed by atoms with Crippen LogP contribution in [-0.4, -0.2) is 6.61 Å². The fraction of sp³-hybridized carbons (Fsp3) is 0.889. The van der Waals surface area contributed by atoms with Crippen LogP contribution < -0.4 is 9.79 Å². The molecule has 0 amide bonds. The zero-order chi connectivity index (χ0) is 17.2. The molecule has 0 aliphatic carbocycles. The van der Waals surface area contributed by atoms with E-state index in [0.717, 1.165) is 19.3 Å². The van der Waals surface area contributed by atoms with Gasteiger partial charge in [0.1, 0.15) is 0 Å². The van der Waals surface area contributed by atoms with Gasteiger partial charge in [0.25, 0.3) is 0 Å². The maximum absolute atomic E-state index is 10.6. The Bertz CT molecular complexity index is 321. The first kappa shape index (κ1) is 27.1. The third-order valence-electron chi connectivity index (χ3n) is 3.91. The molecule has 0 aliphatic rings. The summed E-state index contributed by atoms with van der Waals surface area (Å²) in [5.74, 6) is 0. The molecule has 3 nitrogen and oxygen atoms in total. The third kappa shape index (κ3) is 25.1. The van der Waals surface area contributed by atoms with Crippen LogP contribution in [-0.2, 0) is 35.8 Å². The van der Waals surface area contributed by atoms with Crippen molar-refractivity contribution in [2.24, 2.45) is 0 Å². The summed E-state index contributed by atoms with van der Waals surface area (Å²) >= 11 is 4.17. The van der Waals surface area contributed by atoms with Crippen molar-refractivity contribution in [2.45, 2.75) is 96.8 Å². The fourth-order valence-corrected chi connectivity index (χ4v) is 3.10. The molecule has 0 N–H and O–H groups in total. The van der Waals surface area contributed by atoms with Gasteiger partial charge in [0.2, 0.25) is 0 Å². The van der Waals surface area contributed by atoms with Gasteiger partial charge in [-0.2, -0.15) is 0 Å². The minimum absolute atomic E-state index is 0. The molecule has 0 heterocycles. The quantitative estimate of drug-likeness (QED) is 0.142. The summed E-state index contributed by atoms with van der Waals surface area (Å²) in [7, 11) is 0. The van der Waals surface area contributed by atoms with Crippen LogP contribution in [0.3, 0.4) is 0 Å². The largest absolute Gasteiger partial charge is 2.00 e. The molecule has 24 heavy (non-hydrogen) atoms. The summed E-state index contributed by atoms with van der Waals surface area (Å²) in [5, 5.41) is 0. The second kappa shape index (κ2) is 20.2. The van der Waals surface area contributed by atoms with Crippen molar-refractivity contribution >= 4 is 18.5 Å². The molecular formula is C18H35O3PSZn. The van der Waals surface area contributed by atoms with E-state index in [-0.39, 0.29) is 26.1 Å². The summed E-state index contributed by atoms with van der Waals surface area (Å²) in [6.07, 6.45) is 22.0. The molecule has 0 spiro atoms. The first-order chi connectivity index (χ1) is 11.1. The molecular weight excluding hydrogens is 393 g/mol. The smallest absolute Gasteiger partial charge is 0.812 e. The van der Waals surface area contributed by atoms with Gasteiger partial charge in [0, 0.05) is 6.61 Å². The Morgan fingerprint density at radius 1 is 0.750 bits per heavy atom. The van der Waals surface area contributed by atoms with Gasteiger partial charge in [-0.15, -0.1) is 11.8 Å². The predicted octanol–water partition coefficient (Wildman–Crippen LogP) is 4.98. The summed E-state index contributed by atoms with van der Waals surface area (Å²) < 4.78 is 4.55. The molecule has 0 rings (SSSR count). The Hall–Kier alpha value is 0.893. The average Bonchev–Trinajstić information content (AvgIpc) is 2.49. The molecule has 0 saturated heterocycles. The molecule has 0 saturated carbocycles. The number of rotatable bonds is 17. The minimum Gasteiger partial charge on any atom is -0.812 e. The zero-order valence-electron chi connectivity index (χ0n) is 15.5. The molecule has 0 aliphatic heterocycles.